The molecule has 0 bridgehead atoms. The molecule has 200 valence electrons. The number of fused-ring (bicyclic) bond motifs is 1. The van der Waals surface area contributed by atoms with Crippen LogP contribution in [0.1, 0.15) is 43.1 Å². The highest BCUT2D eigenvalue weighted by molar-refractivity contribution is 5.86. The first-order chi connectivity index (χ1) is 17.6. The number of nitrogens with two attached hydrogens (primary N) is 2. The molecule has 37 heavy (non-hydrogen) atoms. The second kappa shape index (κ2) is 12.4. The average molecular weight is 513 g/mol. The third-order valence-corrected chi connectivity index (χ3v) is 6.56. The first-order valence-electron chi connectivity index (χ1n) is 12.4. The van der Waals surface area contributed by atoms with E-state index in [1.807, 2.05) is 31.2 Å². The number of aliphatic carboxylic acids is 1. The summed E-state index contributed by atoms with van der Waals surface area (Å²) in [6.07, 6.45) is 3.57. The molecule has 0 saturated heterocycles. The van der Waals surface area contributed by atoms with Gasteiger partial charge in [0.15, 0.2) is 5.96 Å². The van der Waals surface area contributed by atoms with Gasteiger partial charge in [-0.25, -0.2) is 4.79 Å². The number of guanidine groups is 1. The van der Waals surface area contributed by atoms with Crippen molar-refractivity contribution in [3.63, 3.8) is 0 Å². The molecule has 1 aliphatic heterocycles. The molecule has 2 unspecified atom stereocenters. The van der Waals surface area contributed by atoms with Gasteiger partial charge >= 0.3 is 5.97 Å². The molecular weight excluding hydrogens is 476 g/mol. The van der Waals surface area contributed by atoms with Gasteiger partial charge in [-0.1, -0.05) is 24.6 Å². The molecule has 8 N–H and O–H groups in total. The topological polar surface area (TPSA) is 188 Å². The van der Waals surface area contributed by atoms with E-state index in [1.165, 1.54) is 0 Å². The van der Waals surface area contributed by atoms with Gasteiger partial charge in [-0.15, -0.1) is 0 Å². The molecule has 2 heterocycles. The van der Waals surface area contributed by atoms with Crippen molar-refractivity contribution in [1.82, 2.24) is 15.5 Å². The van der Waals surface area contributed by atoms with Crippen LogP contribution in [0.15, 0.2) is 34.3 Å². The van der Waals surface area contributed by atoms with E-state index in [2.05, 4.69) is 17.6 Å². The van der Waals surface area contributed by atoms with Crippen LogP contribution in [-0.4, -0.2) is 65.5 Å². The Bertz CT molecular complexity index is 1200. The molecule has 0 radical (unpaired) electrons. The van der Waals surface area contributed by atoms with Gasteiger partial charge in [-0.3, -0.25) is 15.0 Å². The monoisotopic (exact) mass is 512 g/mol. The maximum atomic E-state index is 12.4. The standard InChI is InChI=1S/C26H36N6O5/c1-3-16-6-7-21-18(11-16)15(2)22(37-21)13-20(25(35)36)31-23(33)5-4-9-30-24(34)19(27)12-17-8-10-32(14-17)26(28)29/h6-8,11,19-20H,3-5,9-10,12-14,27H2,1-2H3,(H3,28,29)(H,30,34)(H,31,33)(H,35,36). The summed E-state index contributed by atoms with van der Waals surface area (Å²) in [5, 5.41) is 23.3. The lowest BCUT2D eigenvalue weighted by Gasteiger charge is -2.17. The van der Waals surface area contributed by atoms with Crippen molar-refractivity contribution in [3.8, 4) is 0 Å². The largest absolute Gasteiger partial charge is 0.480 e. The normalized spacial score (nSPS) is 14.8. The number of nitrogens with one attached hydrogen (secondary N) is 3. The van der Waals surface area contributed by atoms with Crippen molar-refractivity contribution < 1.29 is 23.9 Å². The van der Waals surface area contributed by atoms with Crippen LogP contribution in [-0.2, 0) is 27.2 Å². The molecule has 3 rings (SSSR count). The molecule has 0 spiro atoms. The van der Waals surface area contributed by atoms with Crippen molar-refractivity contribution >= 4 is 34.7 Å². The molecule has 2 atom stereocenters. The predicted octanol–water partition coefficient (Wildman–Crippen LogP) is 1.16. The van der Waals surface area contributed by atoms with Gasteiger partial charge in [-0.05, 0) is 49.4 Å². The Morgan fingerprint density at radius 1 is 1.27 bits per heavy atom. The highest BCUT2D eigenvalue weighted by Crippen LogP contribution is 2.27. The number of rotatable bonds is 12. The number of carboxylic acid groups (broad SMARTS) is 1. The summed E-state index contributed by atoms with van der Waals surface area (Å²) in [6, 6.07) is 4.02. The Kier molecular flexibility index (Phi) is 9.29. The minimum Gasteiger partial charge on any atom is -0.480 e. The number of benzene rings is 1. The molecule has 11 heteroatoms. The second-order valence-electron chi connectivity index (χ2n) is 9.33. The van der Waals surface area contributed by atoms with Crippen LogP contribution in [0.5, 0.6) is 0 Å². The Balaban J connectivity index is 1.43. The van der Waals surface area contributed by atoms with Crippen LogP contribution in [0.4, 0.5) is 0 Å². The Hall–Kier alpha value is -3.86. The second-order valence-corrected chi connectivity index (χ2v) is 9.33. The molecule has 1 aromatic heterocycles. The lowest BCUT2D eigenvalue weighted by atomic mass is 10.0. The first kappa shape index (κ1) is 27.7. The molecule has 2 aromatic rings. The lowest BCUT2D eigenvalue weighted by molar-refractivity contribution is -0.141. The van der Waals surface area contributed by atoms with E-state index in [0.29, 0.717) is 37.3 Å². The van der Waals surface area contributed by atoms with Crippen LogP contribution < -0.4 is 22.1 Å². The van der Waals surface area contributed by atoms with Gasteiger partial charge in [0, 0.05) is 37.9 Å². The first-order valence-corrected chi connectivity index (χ1v) is 12.4. The predicted molar refractivity (Wildman–Crippen MR) is 140 cm³/mol. The molecular formula is C26H36N6O5. The van der Waals surface area contributed by atoms with Gasteiger partial charge in [-0.2, -0.15) is 0 Å². The lowest BCUT2D eigenvalue weighted by Crippen LogP contribution is -2.43. The van der Waals surface area contributed by atoms with E-state index >= 15 is 0 Å². The fraction of sp³-hybridized carbons (Fsp3) is 0.462. The minimum atomic E-state index is -1.15. The number of carbonyl (C=O) groups is 3. The van der Waals surface area contributed by atoms with Crippen LogP contribution >= 0.6 is 0 Å². The Morgan fingerprint density at radius 2 is 2.03 bits per heavy atom. The van der Waals surface area contributed by atoms with Gasteiger partial charge in [0.2, 0.25) is 11.8 Å². The zero-order valence-electron chi connectivity index (χ0n) is 21.3. The highest BCUT2D eigenvalue weighted by atomic mass is 16.4. The fourth-order valence-corrected chi connectivity index (χ4v) is 4.30. The van der Waals surface area contributed by atoms with Crippen LogP contribution in [0.2, 0.25) is 0 Å². The Morgan fingerprint density at radius 3 is 2.68 bits per heavy atom. The van der Waals surface area contributed by atoms with Crippen molar-refractivity contribution in [2.45, 2.75) is 58.0 Å². The van der Waals surface area contributed by atoms with Crippen molar-refractivity contribution in [3.05, 3.63) is 46.7 Å². The number of amides is 2. The summed E-state index contributed by atoms with van der Waals surface area (Å²) in [5.74, 6) is -1.40. The number of carboxylic acids is 1. The Labute approximate surface area is 215 Å². The van der Waals surface area contributed by atoms with E-state index in [0.717, 1.165) is 28.5 Å². The fourth-order valence-electron chi connectivity index (χ4n) is 4.30. The van der Waals surface area contributed by atoms with E-state index in [4.69, 9.17) is 21.3 Å². The summed E-state index contributed by atoms with van der Waals surface area (Å²) in [5.41, 5.74) is 15.1. The number of carbonyl (C=O) groups excluding carboxylic acids is 2. The van der Waals surface area contributed by atoms with Crippen LogP contribution in [0, 0.1) is 12.3 Å². The molecule has 0 saturated carbocycles. The van der Waals surface area contributed by atoms with E-state index in [1.54, 1.807) is 4.90 Å². The number of nitrogens with zero attached hydrogens (tertiary/aromatic N) is 1. The zero-order valence-corrected chi connectivity index (χ0v) is 21.3. The maximum Gasteiger partial charge on any atom is 0.326 e. The summed E-state index contributed by atoms with van der Waals surface area (Å²) < 4.78 is 5.88. The number of hydrogen-bond acceptors (Lipinski definition) is 6. The molecule has 0 aliphatic carbocycles. The number of aryl methyl sites for hydroxylation is 2. The van der Waals surface area contributed by atoms with Crippen molar-refractivity contribution in [2.24, 2.45) is 11.5 Å². The third-order valence-electron chi connectivity index (χ3n) is 6.56. The van der Waals surface area contributed by atoms with Crippen LogP contribution in [0.3, 0.4) is 0 Å². The van der Waals surface area contributed by atoms with E-state index < -0.39 is 24.0 Å². The molecule has 0 fully saturated rings. The molecule has 1 aliphatic rings. The zero-order chi connectivity index (χ0) is 27.1. The van der Waals surface area contributed by atoms with Gasteiger partial charge in [0.25, 0.3) is 0 Å². The molecule has 2 amide bonds. The maximum absolute atomic E-state index is 12.4. The summed E-state index contributed by atoms with van der Waals surface area (Å²) in [7, 11) is 0. The summed E-state index contributed by atoms with van der Waals surface area (Å²) in [6.45, 7) is 5.19. The quantitative estimate of drug-likeness (QED) is 0.106. The number of furan rings is 1. The minimum absolute atomic E-state index is 0.0222. The van der Waals surface area contributed by atoms with E-state index in [-0.39, 0.29) is 31.3 Å². The molecule has 1 aromatic carbocycles. The SMILES string of the molecule is CCc1ccc2oc(CC(NC(=O)CCCNC(=O)C(N)CC3=CCN(C(=N)N)C3)C(=O)O)c(C)c2c1. The van der Waals surface area contributed by atoms with Gasteiger partial charge < -0.3 is 36.5 Å². The van der Waals surface area contributed by atoms with Crippen LogP contribution in [0.25, 0.3) is 11.0 Å². The van der Waals surface area contributed by atoms with Crippen molar-refractivity contribution in [1.29, 1.82) is 5.41 Å². The highest BCUT2D eigenvalue weighted by Gasteiger charge is 2.24. The summed E-state index contributed by atoms with van der Waals surface area (Å²) in [4.78, 5) is 38.1. The third kappa shape index (κ3) is 7.32. The summed E-state index contributed by atoms with van der Waals surface area (Å²) >= 11 is 0. The number of hydrogen-bond donors (Lipinski definition) is 6. The van der Waals surface area contributed by atoms with Gasteiger partial charge in [0.1, 0.15) is 17.4 Å². The molecule has 11 nitrogen and oxygen atoms in total. The van der Waals surface area contributed by atoms with Crippen molar-refractivity contribution in [2.75, 3.05) is 19.6 Å². The van der Waals surface area contributed by atoms with Gasteiger partial charge in [0.05, 0.1) is 6.04 Å². The van der Waals surface area contributed by atoms with E-state index in [9.17, 15) is 19.5 Å². The smallest absolute Gasteiger partial charge is 0.326 e. The average Bonchev–Trinajstić information content (AvgIpc) is 3.45.